The van der Waals surface area contributed by atoms with Gasteiger partial charge in [0.2, 0.25) is 0 Å². The molecule has 0 aliphatic rings. The molecule has 0 aromatic heterocycles. The van der Waals surface area contributed by atoms with Crippen molar-refractivity contribution in [2.24, 2.45) is 0 Å². The van der Waals surface area contributed by atoms with Crippen LogP contribution in [-0.4, -0.2) is 54.4 Å². The molecule has 1 rings (SSSR count). The van der Waals surface area contributed by atoms with Crippen LogP contribution in [0, 0.1) is 0 Å². The minimum atomic E-state index is -5.47. The summed E-state index contributed by atoms with van der Waals surface area (Å²) >= 11 is -0.426. The van der Waals surface area contributed by atoms with E-state index in [1.807, 2.05) is 0 Å². The number of unbranched alkanes of at least 4 members (excludes halogenated alkanes) is 3. The van der Waals surface area contributed by atoms with Gasteiger partial charge in [-0.2, -0.15) is 0 Å². The number of benzene rings is 1. The van der Waals surface area contributed by atoms with Crippen LogP contribution in [0.5, 0.6) is 0 Å². The van der Waals surface area contributed by atoms with Crippen LogP contribution < -0.4 is 0 Å². The van der Waals surface area contributed by atoms with Gasteiger partial charge in [0.15, 0.2) is 0 Å². The van der Waals surface area contributed by atoms with Gasteiger partial charge in [-0.25, -0.2) is 0 Å². The molecule has 0 spiro atoms. The molecule has 4 nitrogen and oxygen atoms in total. The standard InChI is InChI=1S/C14H16F3INO3S.3C4H9.Sn/c1-11(18)13(20)8-5-9-19(23(21,22)14(15,16)17)10-12-6-3-2-4-7-12;3*1-3-4-2;/h1-4,6-7,13,20H,5,8-10H2;3*1,3-4H2,2H3;/t13-;;;;/m0..../s1. The van der Waals surface area contributed by atoms with Crippen LogP contribution >= 0.6 is 22.6 Å². The Kier molecular flexibility index (Phi) is 16.1. The first kappa shape index (κ1) is 34.2. The molecule has 0 unspecified atom stereocenters. The van der Waals surface area contributed by atoms with Gasteiger partial charge >= 0.3 is 236 Å². The van der Waals surface area contributed by atoms with E-state index in [9.17, 15) is 26.7 Å². The van der Waals surface area contributed by atoms with Gasteiger partial charge in [-0.15, -0.1) is 0 Å². The van der Waals surface area contributed by atoms with Crippen LogP contribution in [0.25, 0.3) is 0 Å². The second-order valence-corrected chi connectivity index (χ2v) is 25.7. The third kappa shape index (κ3) is 11.5. The predicted octanol–water partition coefficient (Wildman–Crippen LogP) is 8.19. The van der Waals surface area contributed by atoms with Gasteiger partial charge in [0.05, 0.1) is 0 Å². The van der Waals surface area contributed by atoms with Gasteiger partial charge in [-0.05, 0) is 0 Å². The Labute approximate surface area is 234 Å². The zero-order chi connectivity index (χ0) is 27.2. The number of aliphatic hydroxyl groups is 1. The average Bonchev–Trinajstić information content (AvgIpc) is 2.83. The molecule has 0 radical (unpaired) electrons. The summed E-state index contributed by atoms with van der Waals surface area (Å²) in [6, 6.07) is 8.27. The van der Waals surface area contributed by atoms with Gasteiger partial charge in [0.1, 0.15) is 0 Å². The zero-order valence-electron chi connectivity index (χ0n) is 21.9. The van der Waals surface area contributed by atoms with Crippen molar-refractivity contribution in [3.8, 4) is 0 Å². The number of halogens is 4. The average molecular weight is 752 g/mol. The number of hydrogen-bond acceptors (Lipinski definition) is 3. The Balaban J connectivity index is 2.99. The number of aliphatic hydroxyl groups excluding tert-OH is 1. The minimum absolute atomic E-state index is 0.144. The third-order valence-electron chi connectivity index (χ3n) is 6.57. The van der Waals surface area contributed by atoms with Crippen molar-refractivity contribution < 1.29 is 26.7 Å². The SMILES string of the molecule is CCC[CH2][Sn](/[CH]=C(\I)[C@@H](O)CCCN(Cc1ccccc1)S(=O)(=O)C(F)(F)F)([CH2]CCC)[CH2]CCC. The van der Waals surface area contributed by atoms with Crippen molar-refractivity contribution in [3.05, 3.63) is 43.6 Å². The molecule has 0 saturated carbocycles. The summed E-state index contributed by atoms with van der Waals surface area (Å²) in [7, 11) is -5.47. The van der Waals surface area contributed by atoms with Gasteiger partial charge in [-0.3, -0.25) is 0 Å². The number of sulfonamides is 1. The Bertz CT molecular complexity index is 860. The van der Waals surface area contributed by atoms with E-state index in [4.69, 9.17) is 0 Å². The van der Waals surface area contributed by atoms with Crippen LogP contribution in [0.1, 0.15) is 77.7 Å². The molecule has 1 aromatic carbocycles. The van der Waals surface area contributed by atoms with E-state index in [1.165, 1.54) is 32.6 Å². The first-order valence-corrected chi connectivity index (χ1v) is 23.3. The van der Waals surface area contributed by atoms with Crippen LogP contribution in [0.2, 0.25) is 13.3 Å². The fourth-order valence-electron chi connectivity index (χ4n) is 4.38. The molecule has 0 saturated heterocycles. The first-order chi connectivity index (χ1) is 16.9. The molecule has 208 valence electrons. The normalized spacial score (nSPS) is 14.4. The monoisotopic (exact) mass is 753 g/mol. The second-order valence-electron chi connectivity index (χ2n) is 9.63. The summed E-state index contributed by atoms with van der Waals surface area (Å²) in [4.78, 5) is 0. The molecule has 0 aliphatic heterocycles. The Morgan fingerprint density at radius 3 is 1.94 bits per heavy atom. The van der Waals surface area contributed by atoms with Crippen LogP contribution in [-0.2, 0) is 16.6 Å². The molecule has 1 aromatic rings. The van der Waals surface area contributed by atoms with E-state index < -0.39 is 40.0 Å². The molecule has 0 bridgehead atoms. The third-order valence-corrected chi connectivity index (χ3v) is 25.0. The second kappa shape index (κ2) is 17.0. The summed E-state index contributed by atoms with van der Waals surface area (Å²) in [6.07, 6.45) is 6.63. The molecular formula is C26H43F3INO3SSn. The van der Waals surface area contributed by atoms with Crippen molar-refractivity contribution in [1.82, 2.24) is 4.31 Å². The fraction of sp³-hybridized carbons (Fsp3) is 0.692. The number of hydrogen-bond donors (Lipinski definition) is 1. The molecule has 0 amide bonds. The van der Waals surface area contributed by atoms with E-state index in [1.54, 1.807) is 30.3 Å². The topological polar surface area (TPSA) is 57.6 Å². The van der Waals surface area contributed by atoms with Gasteiger partial charge in [0, 0.05) is 0 Å². The van der Waals surface area contributed by atoms with Crippen molar-refractivity contribution in [2.45, 2.75) is 104 Å². The fourth-order valence-corrected chi connectivity index (χ4v) is 24.8. The van der Waals surface area contributed by atoms with E-state index in [0.717, 1.165) is 22.8 Å². The van der Waals surface area contributed by atoms with E-state index in [-0.39, 0.29) is 25.9 Å². The molecule has 1 atom stereocenters. The molecule has 0 fully saturated rings. The number of alkyl halides is 3. The van der Waals surface area contributed by atoms with Gasteiger partial charge < -0.3 is 0 Å². The quantitative estimate of drug-likeness (QED) is 0.122. The van der Waals surface area contributed by atoms with Crippen LogP contribution in [0.3, 0.4) is 0 Å². The maximum absolute atomic E-state index is 13.3. The molecular weight excluding hydrogens is 709 g/mol. The molecule has 10 heteroatoms. The van der Waals surface area contributed by atoms with Crippen molar-refractivity contribution in [1.29, 1.82) is 0 Å². The summed E-state index contributed by atoms with van der Waals surface area (Å²) in [5, 5.41) is 10.9. The van der Waals surface area contributed by atoms with Gasteiger partial charge in [0.25, 0.3) is 0 Å². The molecule has 0 heterocycles. The van der Waals surface area contributed by atoms with Gasteiger partial charge in [-0.1, -0.05) is 0 Å². The first-order valence-electron chi connectivity index (χ1n) is 13.1. The van der Waals surface area contributed by atoms with Crippen molar-refractivity contribution in [3.63, 3.8) is 0 Å². The Morgan fingerprint density at radius 1 is 1.00 bits per heavy atom. The number of nitrogens with zero attached hydrogens (tertiary/aromatic N) is 1. The molecule has 36 heavy (non-hydrogen) atoms. The van der Waals surface area contributed by atoms with E-state index >= 15 is 0 Å². The Hall–Kier alpha value is 0.149. The van der Waals surface area contributed by atoms with E-state index in [0.29, 0.717) is 9.87 Å². The van der Waals surface area contributed by atoms with Crippen LogP contribution in [0.15, 0.2) is 38.0 Å². The Morgan fingerprint density at radius 2 is 1.50 bits per heavy atom. The number of rotatable bonds is 18. The van der Waals surface area contributed by atoms with Crippen molar-refractivity contribution >= 4 is 51.0 Å². The van der Waals surface area contributed by atoms with Crippen LogP contribution in [0.4, 0.5) is 13.2 Å². The predicted molar refractivity (Wildman–Crippen MR) is 154 cm³/mol. The summed E-state index contributed by atoms with van der Waals surface area (Å²) < 4.78 is 71.9. The molecule has 0 aliphatic carbocycles. The van der Waals surface area contributed by atoms with Crippen molar-refractivity contribution in [2.75, 3.05) is 6.54 Å². The zero-order valence-corrected chi connectivity index (χ0v) is 27.7. The summed E-state index contributed by atoms with van der Waals surface area (Å²) in [6.45, 7) is 5.96. The molecule has 1 N–H and O–H groups in total. The van der Waals surface area contributed by atoms with E-state index in [2.05, 4.69) is 47.5 Å². The summed E-state index contributed by atoms with van der Waals surface area (Å²) in [5.41, 5.74) is -4.87. The maximum atomic E-state index is 13.3. The summed E-state index contributed by atoms with van der Waals surface area (Å²) in [5.74, 6) is 0.